The number of aliphatic carboxylic acids is 1. The molecule has 256 valence electrons. The van der Waals surface area contributed by atoms with E-state index in [1.165, 1.54) is 38.5 Å². The first-order valence-corrected chi connectivity index (χ1v) is 17.1. The summed E-state index contributed by atoms with van der Waals surface area (Å²) in [5.74, 6) is -2.49. The van der Waals surface area contributed by atoms with Crippen molar-refractivity contribution >= 4 is 23.8 Å². The van der Waals surface area contributed by atoms with Gasteiger partial charge < -0.3 is 25.6 Å². The number of aliphatic hydroxyl groups excluding tert-OH is 1. The highest BCUT2D eigenvalue weighted by atomic mass is 16.5. The molecule has 0 saturated heterocycles. The molecule has 0 heterocycles. The van der Waals surface area contributed by atoms with Gasteiger partial charge >= 0.3 is 11.9 Å². The van der Waals surface area contributed by atoms with Crippen molar-refractivity contribution in [2.45, 2.75) is 142 Å². The van der Waals surface area contributed by atoms with Crippen LogP contribution in [-0.2, 0) is 23.9 Å². The van der Waals surface area contributed by atoms with Crippen molar-refractivity contribution < 1.29 is 34.1 Å². The van der Waals surface area contributed by atoms with Gasteiger partial charge in [-0.05, 0) is 76.4 Å². The fraction of sp³-hybridized carbons (Fsp3) is 0.667. The number of carbonyl (C=O) groups is 4. The van der Waals surface area contributed by atoms with E-state index in [0.29, 0.717) is 12.8 Å². The molecule has 0 radical (unpaired) electrons. The molecule has 0 aliphatic rings. The van der Waals surface area contributed by atoms with Gasteiger partial charge in [-0.25, -0.2) is 4.79 Å². The van der Waals surface area contributed by atoms with Crippen LogP contribution in [0.4, 0.5) is 0 Å². The maximum atomic E-state index is 12.5. The summed E-state index contributed by atoms with van der Waals surface area (Å²) in [4.78, 5) is 47.0. The zero-order valence-corrected chi connectivity index (χ0v) is 27.9. The van der Waals surface area contributed by atoms with Crippen LogP contribution in [0.15, 0.2) is 48.6 Å². The number of rotatable bonds is 29. The molecule has 2 atom stereocenters. The van der Waals surface area contributed by atoms with Crippen LogP contribution in [0, 0.1) is 0 Å². The summed E-state index contributed by atoms with van der Waals surface area (Å²) in [7, 11) is 0. The number of esters is 1. The molecule has 9 heteroatoms. The molecule has 0 aromatic rings. The van der Waals surface area contributed by atoms with Crippen LogP contribution in [0.25, 0.3) is 0 Å². The summed E-state index contributed by atoms with van der Waals surface area (Å²) < 4.78 is 5.73. The van der Waals surface area contributed by atoms with Crippen LogP contribution in [0.1, 0.15) is 129 Å². The van der Waals surface area contributed by atoms with Crippen molar-refractivity contribution in [3.63, 3.8) is 0 Å². The van der Waals surface area contributed by atoms with Gasteiger partial charge in [0, 0.05) is 12.8 Å². The molecule has 0 rings (SSSR count). The van der Waals surface area contributed by atoms with Crippen LogP contribution in [0.3, 0.4) is 0 Å². The Labute approximate surface area is 271 Å². The van der Waals surface area contributed by atoms with E-state index >= 15 is 0 Å². The first-order chi connectivity index (χ1) is 21.8. The monoisotopic (exact) mass is 632 g/mol. The van der Waals surface area contributed by atoms with Crippen LogP contribution in [0.2, 0.25) is 0 Å². The zero-order chi connectivity index (χ0) is 33.4. The zero-order valence-electron chi connectivity index (χ0n) is 27.9. The summed E-state index contributed by atoms with van der Waals surface area (Å²) in [5.41, 5.74) is 0. The SMILES string of the molecule is CC/C=C\C/C=C\C(/C=C\CCCCCC(=O)NCC(=O)NC(CO)C(=O)O)OC(=O)CCCCCCC/C=C\CCCCC. The van der Waals surface area contributed by atoms with E-state index in [9.17, 15) is 19.2 Å². The maximum Gasteiger partial charge on any atom is 0.328 e. The van der Waals surface area contributed by atoms with Crippen molar-refractivity contribution in [2.75, 3.05) is 13.2 Å². The molecule has 0 saturated carbocycles. The number of aliphatic hydroxyl groups is 1. The quantitative estimate of drug-likeness (QED) is 0.0401. The molecule has 45 heavy (non-hydrogen) atoms. The Morgan fingerprint density at radius 3 is 1.96 bits per heavy atom. The van der Waals surface area contributed by atoms with E-state index in [0.717, 1.165) is 57.8 Å². The van der Waals surface area contributed by atoms with Gasteiger partial charge in [-0.3, -0.25) is 14.4 Å². The first-order valence-electron chi connectivity index (χ1n) is 17.1. The Morgan fingerprint density at radius 1 is 0.689 bits per heavy atom. The second kappa shape index (κ2) is 30.8. The third-order valence-electron chi connectivity index (χ3n) is 7.02. The molecule has 0 aliphatic carbocycles. The molecule has 0 fully saturated rings. The van der Waals surface area contributed by atoms with Crippen molar-refractivity contribution in [3.05, 3.63) is 48.6 Å². The summed E-state index contributed by atoms with van der Waals surface area (Å²) in [5, 5.41) is 22.4. The average molecular weight is 633 g/mol. The van der Waals surface area contributed by atoms with Crippen molar-refractivity contribution in [3.8, 4) is 0 Å². The number of carbonyl (C=O) groups excluding carboxylic acids is 3. The van der Waals surface area contributed by atoms with E-state index in [-0.39, 0.29) is 24.8 Å². The second-order valence-corrected chi connectivity index (χ2v) is 11.2. The number of nitrogens with one attached hydrogen (secondary N) is 2. The smallest absolute Gasteiger partial charge is 0.328 e. The number of ether oxygens (including phenoxy) is 1. The third kappa shape index (κ3) is 28.0. The molecule has 0 bridgehead atoms. The van der Waals surface area contributed by atoms with E-state index < -0.39 is 30.6 Å². The summed E-state index contributed by atoms with van der Waals surface area (Å²) in [6, 6.07) is -1.39. The highest BCUT2D eigenvalue weighted by molar-refractivity contribution is 5.87. The first kappa shape index (κ1) is 41.8. The molecular weight excluding hydrogens is 572 g/mol. The van der Waals surface area contributed by atoms with Gasteiger partial charge in [0.25, 0.3) is 0 Å². The number of hydrogen-bond acceptors (Lipinski definition) is 6. The molecular formula is C36H60N2O7. The van der Waals surface area contributed by atoms with Gasteiger partial charge in [-0.1, -0.05) is 88.8 Å². The maximum absolute atomic E-state index is 12.5. The molecule has 0 aliphatic heterocycles. The Hall–Kier alpha value is -3.20. The van der Waals surface area contributed by atoms with Crippen LogP contribution in [0.5, 0.6) is 0 Å². The number of amides is 2. The Bertz CT molecular complexity index is 911. The second-order valence-electron chi connectivity index (χ2n) is 11.2. The Kier molecular flexibility index (Phi) is 28.6. The summed E-state index contributed by atoms with van der Waals surface area (Å²) in [6.45, 7) is 3.24. The normalized spacial score (nSPS) is 13.1. The number of carboxylic acid groups (broad SMARTS) is 1. The fourth-order valence-electron chi connectivity index (χ4n) is 4.37. The third-order valence-corrected chi connectivity index (χ3v) is 7.02. The number of allylic oxidation sites excluding steroid dienone is 6. The van der Waals surface area contributed by atoms with E-state index in [4.69, 9.17) is 14.9 Å². The molecule has 9 nitrogen and oxygen atoms in total. The van der Waals surface area contributed by atoms with Crippen molar-refractivity contribution in [1.82, 2.24) is 10.6 Å². The lowest BCUT2D eigenvalue weighted by Gasteiger charge is -2.12. The minimum atomic E-state index is -1.39. The lowest BCUT2D eigenvalue weighted by atomic mass is 10.1. The fourth-order valence-corrected chi connectivity index (χ4v) is 4.37. The topological polar surface area (TPSA) is 142 Å². The molecule has 0 aromatic heterocycles. The summed E-state index contributed by atoms with van der Waals surface area (Å²) in [6.07, 6.45) is 33.4. The van der Waals surface area contributed by atoms with Crippen LogP contribution >= 0.6 is 0 Å². The highest BCUT2D eigenvalue weighted by Gasteiger charge is 2.18. The van der Waals surface area contributed by atoms with Gasteiger partial charge in [0.1, 0.15) is 12.1 Å². The average Bonchev–Trinajstić information content (AvgIpc) is 3.02. The molecule has 0 aromatic carbocycles. The predicted molar refractivity (Wildman–Crippen MR) is 181 cm³/mol. The molecule has 2 amide bonds. The standard InChI is InChI=1S/C36H60N2O7/c1-3-5-7-9-10-11-12-13-14-15-20-24-28-35(42)45-31(25-21-17-8-6-4-2)26-22-18-16-19-23-27-33(40)37-29-34(41)38-32(30-39)36(43)44/h6,8,10-11,21-22,25-26,31-32,39H,3-5,7,9,12-20,23-24,27-30H2,1-2H3,(H,37,40)(H,38,41)(H,43,44)/b8-6-,11-10-,25-21-,26-22-. The Morgan fingerprint density at radius 2 is 1.29 bits per heavy atom. The molecule has 2 unspecified atom stereocenters. The van der Waals surface area contributed by atoms with Gasteiger partial charge in [0.15, 0.2) is 0 Å². The summed E-state index contributed by atoms with van der Waals surface area (Å²) >= 11 is 0. The minimum absolute atomic E-state index is 0.178. The highest BCUT2D eigenvalue weighted by Crippen LogP contribution is 2.11. The van der Waals surface area contributed by atoms with Gasteiger partial charge in [0.05, 0.1) is 13.2 Å². The number of hydrogen-bond donors (Lipinski definition) is 4. The van der Waals surface area contributed by atoms with Crippen molar-refractivity contribution in [2.24, 2.45) is 0 Å². The van der Waals surface area contributed by atoms with Gasteiger partial charge in [0.2, 0.25) is 11.8 Å². The van der Waals surface area contributed by atoms with Crippen LogP contribution < -0.4 is 10.6 Å². The lowest BCUT2D eigenvalue weighted by Crippen LogP contribution is -2.47. The van der Waals surface area contributed by atoms with Gasteiger partial charge in [-0.15, -0.1) is 0 Å². The Balaban J connectivity index is 4.29. The largest absolute Gasteiger partial charge is 0.480 e. The van der Waals surface area contributed by atoms with E-state index in [1.54, 1.807) is 0 Å². The van der Waals surface area contributed by atoms with E-state index in [1.807, 2.05) is 24.3 Å². The number of carboxylic acids is 1. The van der Waals surface area contributed by atoms with Gasteiger partial charge in [-0.2, -0.15) is 0 Å². The lowest BCUT2D eigenvalue weighted by molar-refractivity contribution is -0.145. The van der Waals surface area contributed by atoms with Crippen molar-refractivity contribution in [1.29, 1.82) is 0 Å². The number of unbranched alkanes of at least 4 members (excludes halogenated alkanes) is 11. The van der Waals surface area contributed by atoms with E-state index in [2.05, 4.69) is 48.8 Å². The molecule has 4 N–H and O–H groups in total. The predicted octanol–water partition coefficient (Wildman–Crippen LogP) is 6.86. The molecule has 0 spiro atoms. The van der Waals surface area contributed by atoms with Crippen LogP contribution in [-0.4, -0.2) is 59.3 Å². The minimum Gasteiger partial charge on any atom is -0.480 e.